The fourth-order valence-electron chi connectivity index (χ4n) is 2.08. The summed E-state index contributed by atoms with van der Waals surface area (Å²) in [4.78, 5) is 12.5. The quantitative estimate of drug-likeness (QED) is 0.901. The number of hydrogen-bond donors (Lipinski definition) is 2. The predicted octanol–water partition coefficient (Wildman–Crippen LogP) is 2.64. The van der Waals surface area contributed by atoms with Gasteiger partial charge in [-0.25, -0.2) is 0 Å². The van der Waals surface area contributed by atoms with Crippen molar-refractivity contribution < 1.29 is 9.90 Å². The number of thiophene rings is 1. The van der Waals surface area contributed by atoms with E-state index in [4.69, 9.17) is 0 Å². The molecule has 1 atom stereocenters. The van der Waals surface area contributed by atoms with Crippen LogP contribution in [0.15, 0.2) is 30.3 Å². The van der Waals surface area contributed by atoms with E-state index in [9.17, 15) is 9.90 Å². The van der Waals surface area contributed by atoms with Crippen LogP contribution in [0.3, 0.4) is 0 Å². The van der Waals surface area contributed by atoms with Gasteiger partial charge < -0.3 is 10.4 Å². The van der Waals surface area contributed by atoms with Crippen molar-refractivity contribution in [1.29, 1.82) is 0 Å². The van der Waals surface area contributed by atoms with E-state index in [1.54, 1.807) is 18.3 Å². The first-order valence-corrected chi connectivity index (χ1v) is 7.37. The van der Waals surface area contributed by atoms with Gasteiger partial charge in [0.1, 0.15) is 5.60 Å². The van der Waals surface area contributed by atoms with Crippen LogP contribution in [0.1, 0.15) is 24.6 Å². The zero-order chi connectivity index (χ0) is 13.5. The van der Waals surface area contributed by atoms with E-state index in [-0.39, 0.29) is 18.4 Å². The minimum absolute atomic E-state index is 0.0707. The largest absolute Gasteiger partial charge is 0.383 e. The molecule has 0 aliphatic heterocycles. The number of aliphatic hydroxyl groups is 1. The van der Waals surface area contributed by atoms with Gasteiger partial charge in [0.05, 0.1) is 6.54 Å². The fourth-order valence-corrected chi connectivity index (χ4v) is 3.19. The lowest BCUT2D eigenvalue weighted by Gasteiger charge is -2.22. The lowest BCUT2D eigenvalue weighted by molar-refractivity contribution is -0.123. The minimum Gasteiger partial charge on any atom is -0.383 e. The Kier molecular flexibility index (Phi) is 3.07. The van der Waals surface area contributed by atoms with Crippen molar-refractivity contribution in [1.82, 2.24) is 5.32 Å². The number of carbonyl (C=O) groups is 1. The van der Waals surface area contributed by atoms with Crippen LogP contribution < -0.4 is 5.32 Å². The highest BCUT2D eigenvalue weighted by Gasteiger charge is 2.32. The first kappa shape index (κ1) is 12.6. The summed E-state index contributed by atoms with van der Waals surface area (Å²) in [7, 11) is 0. The van der Waals surface area contributed by atoms with Crippen LogP contribution in [0.2, 0.25) is 0 Å². The third kappa shape index (κ3) is 2.65. The zero-order valence-electron chi connectivity index (χ0n) is 10.8. The molecule has 1 amide bonds. The second-order valence-corrected chi connectivity index (χ2v) is 6.50. The van der Waals surface area contributed by atoms with Crippen molar-refractivity contribution in [3.63, 3.8) is 0 Å². The maximum atomic E-state index is 11.6. The molecule has 3 rings (SSSR count). The predicted molar refractivity (Wildman–Crippen MR) is 77.1 cm³/mol. The maximum absolute atomic E-state index is 11.6. The summed E-state index contributed by atoms with van der Waals surface area (Å²) in [5.41, 5.74) is -1.01. The smallest absolute Gasteiger partial charge is 0.223 e. The zero-order valence-corrected chi connectivity index (χ0v) is 11.7. The van der Waals surface area contributed by atoms with Gasteiger partial charge >= 0.3 is 0 Å². The molecule has 1 fully saturated rings. The second kappa shape index (κ2) is 4.62. The monoisotopic (exact) mass is 275 g/mol. The van der Waals surface area contributed by atoms with Gasteiger partial charge in [0.25, 0.3) is 0 Å². The normalized spacial score (nSPS) is 18.2. The molecule has 0 radical (unpaired) electrons. The van der Waals surface area contributed by atoms with E-state index < -0.39 is 5.60 Å². The summed E-state index contributed by atoms with van der Waals surface area (Å²) >= 11 is 1.58. The molecule has 1 aliphatic rings. The number of carbonyl (C=O) groups excluding carboxylic acids is 1. The topological polar surface area (TPSA) is 49.3 Å². The SMILES string of the molecule is CC(O)(CNC(=O)C1CC1)c1cc2ccccc2s1. The summed E-state index contributed by atoms with van der Waals surface area (Å²) in [6, 6.07) is 10.1. The molecule has 4 heteroatoms. The Labute approximate surface area is 116 Å². The highest BCUT2D eigenvalue weighted by atomic mass is 32.1. The second-order valence-electron chi connectivity index (χ2n) is 5.41. The van der Waals surface area contributed by atoms with Crippen LogP contribution in [0.5, 0.6) is 0 Å². The number of amides is 1. The van der Waals surface area contributed by atoms with E-state index in [2.05, 4.69) is 5.32 Å². The molecule has 0 spiro atoms. The van der Waals surface area contributed by atoms with Crippen molar-refractivity contribution in [2.75, 3.05) is 6.54 Å². The van der Waals surface area contributed by atoms with Crippen molar-refractivity contribution in [2.45, 2.75) is 25.4 Å². The van der Waals surface area contributed by atoms with Gasteiger partial charge in [-0.15, -0.1) is 11.3 Å². The number of nitrogens with one attached hydrogen (secondary N) is 1. The van der Waals surface area contributed by atoms with Crippen molar-refractivity contribution in [3.8, 4) is 0 Å². The molecule has 3 nitrogen and oxygen atoms in total. The lowest BCUT2D eigenvalue weighted by atomic mass is 10.0. The Balaban J connectivity index is 1.76. The summed E-state index contributed by atoms with van der Waals surface area (Å²) in [6.07, 6.45) is 1.97. The number of rotatable bonds is 4. The third-order valence-corrected chi connectivity index (χ3v) is 4.88. The van der Waals surface area contributed by atoms with Crippen LogP contribution in [-0.2, 0) is 10.4 Å². The van der Waals surface area contributed by atoms with Gasteiger partial charge in [-0.2, -0.15) is 0 Å². The van der Waals surface area contributed by atoms with Crippen molar-refractivity contribution >= 4 is 27.3 Å². The van der Waals surface area contributed by atoms with Crippen LogP contribution in [0.25, 0.3) is 10.1 Å². The minimum atomic E-state index is -1.01. The Morgan fingerprint density at radius 3 is 2.89 bits per heavy atom. The van der Waals surface area contributed by atoms with Gasteiger partial charge in [0.15, 0.2) is 0 Å². The molecule has 0 saturated heterocycles. The molecule has 1 unspecified atom stereocenters. The summed E-state index contributed by atoms with van der Waals surface area (Å²) in [5, 5.41) is 14.5. The molecule has 100 valence electrons. The van der Waals surface area contributed by atoms with Crippen LogP contribution in [0, 0.1) is 5.92 Å². The highest BCUT2D eigenvalue weighted by Crippen LogP contribution is 2.33. The van der Waals surface area contributed by atoms with Gasteiger partial charge in [0, 0.05) is 15.5 Å². The standard InChI is InChI=1S/C15H17NO2S/c1-15(18,9-16-14(17)10-6-7-10)13-8-11-4-2-3-5-12(11)19-13/h2-5,8,10,18H,6-7,9H2,1H3,(H,16,17). The summed E-state index contributed by atoms with van der Waals surface area (Å²) < 4.78 is 1.16. The van der Waals surface area contributed by atoms with E-state index in [0.717, 1.165) is 27.8 Å². The Bertz CT molecular complexity index is 580. The van der Waals surface area contributed by atoms with E-state index >= 15 is 0 Å². The van der Waals surface area contributed by atoms with Crippen LogP contribution >= 0.6 is 11.3 Å². The van der Waals surface area contributed by atoms with Gasteiger partial charge in [0.2, 0.25) is 5.91 Å². The molecule has 1 saturated carbocycles. The Morgan fingerprint density at radius 2 is 2.21 bits per heavy atom. The van der Waals surface area contributed by atoms with Gasteiger partial charge in [-0.1, -0.05) is 18.2 Å². The molecule has 0 bridgehead atoms. The molecule has 1 aliphatic carbocycles. The van der Waals surface area contributed by atoms with Crippen molar-refractivity contribution in [3.05, 3.63) is 35.2 Å². The van der Waals surface area contributed by atoms with Crippen LogP contribution in [-0.4, -0.2) is 17.6 Å². The van der Waals surface area contributed by atoms with E-state index in [1.165, 1.54) is 0 Å². The molecule has 2 aromatic rings. The average Bonchev–Trinajstić information content (AvgIpc) is 3.14. The summed E-state index contributed by atoms with van der Waals surface area (Å²) in [6.45, 7) is 2.03. The molecular weight excluding hydrogens is 258 g/mol. The molecule has 19 heavy (non-hydrogen) atoms. The van der Waals surface area contributed by atoms with Gasteiger partial charge in [-0.3, -0.25) is 4.79 Å². The Hall–Kier alpha value is -1.39. The van der Waals surface area contributed by atoms with Crippen molar-refractivity contribution in [2.24, 2.45) is 5.92 Å². The molecule has 2 N–H and O–H groups in total. The lowest BCUT2D eigenvalue weighted by Crippen LogP contribution is -2.38. The maximum Gasteiger partial charge on any atom is 0.223 e. The molecule has 1 aromatic heterocycles. The van der Waals surface area contributed by atoms with E-state index in [0.29, 0.717) is 0 Å². The molecule has 1 heterocycles. The molecule has 1 aromatic carbocycles. The molecular formula is C15H17NO2S. The highest BCUT2D eigenvalue weighted by molar-refractivity contribution is 7.19. The van der Waals surface area contributed by atoms with E-state index in [1.807, 2.05) is 30.3 Å². The first-order valence-electron chi connectivity index (χ1n) is 6.55. The fraction of sp³-hybridized carbons (Fsp3) is 0.400. The number of benzene rings is 1. The average molecular weight is 275 g/mol. The first-order chi connectivity index (χ1) is 9.06. The summed E-state index contributed by atoms with van der Waals surface area (Å²) in [5.74, 6) is 0.250. The number of hydrogen-bond acceptors (Lipinski definition) is 3. The number of fused-ring (bicyclic) bond motifs is 1. The Morgan fingerprint density at radius 1 is 1.47 bits per heavy atom. The van der Waals surface area contributed by atoms with Crippen LogP contribution in [0.4, 0.5) is 0 Å². The van der Waals surface area contributed by atoms with Gasteiger partial charge in [-0.05, 0) is 37.3 Å². The third-order valence-electron chi connectivity index (χ3n) is 3.51.